The number of aryl methyl sites for hydroxylation is 1. The van der Waals surface area contributed by atoms with Crippen LogP contribution in [-0.4, -0.2) is 19.3 Å². The predicted octanol–water partition coefficient (Wildman–Crippen LogP) is 4.43. The Morgan fingerprint density at radius 1 is 1.03 bits per heavy atom. The molecule has 0 saturated heterocycles. The molecule has 3 aromatic carbocycles. The van der Waals surface area contributed by atoms with Gasteiger partial charge in [-0.25, -0.2) is 17.9 Å². The molecule has 0 fully saturated rings. The fourth-order valence-corrected chi connectivity index (χ4v) is 4.42. The van der Waals surface area contributed by atoms with E-state index in [9.17, 15) is 17.6 Å². The number of sulfonamides is 1. The van der Waals surface area contributed by atoms with Crippen molar-refractivity contribution in [1.82, 2.24) is 10.3 Å². The number of halogens is 1. The summed E-state index contributed by atoms with van der Waals surface area (Å²) in [5.74, 6) is -0.435. The molecule has 4 N–H and O–H groups in total. The van der Waals surface area contributed by atoms with Crippen molar-refractivity contribution < 1.29 is 17.6 Å². The number of nitrogens with two attached hydrogens (primary N) is 1. The lowest BCUT2D eigenvalue weighted by Gasteiger charge is -2.15. The van der Waals surface area contributed by atoms with Crippen LogP contribution >= 0.6 is 0 Å². The molecule has 1 atom stereocenters. The van der Waals surface area contributed by atoms with E-state index in [4.69, 9.17) is 5.14 Å². The molecule has 0 radical (unpaired) electrons. The number of aromatic amines is 1. The van der Waals surface area contributed by atoms with Crippen LogP contribution in [0.25, 0.3) is 22.2 Å². The van der Waals surface area contributed by atoms with Crippen molar-refractivity contribution in [1.29, 1.82) is 0 Å². The number of para-hydroxylation sites is 1. The number of hydrogen-bond acceptors (Lipinski definition) is 3. The van der Waals surface area contributed by atoms with Crippen LogP contribution in [0.3, 0.4) is 0 Å². The van der Waals surface area contributed by atoms with E-state index < -0.39 is 10.0 Å². The van der Waals surface area contributed by atoms with Gasteiger partial charge in [-0.15, -0.1) is 0 Å². The maximum atomic E-state index is 13.4. The maximum Gasteiger partial charge on any atom is 0.238 e. The molecule has 1 aromatic heterocycles. The number of carbonyl (C=O) groups is 1. The van der Waals surface area contributed by atoms with Crippen LogP contribution in [0.15, 0.2) is 77.7 Å². The standard InChI is InChI=1S/C25H24FN3O3S/c1-16(17-8-12-20(13-9-17)33(27,31)32)28-24(30)15-14-22-21-4-2-3-5-23(21)29-25(22)18-6-10-19(26)11-7-18/h2-13,16,29H,14-15H2,1H3,(H,28,30)(H2,27,31,32). The molecular formula is C25H24FN3O3S. The van der Waals surface area contributed by atoms with E-state index >= 15 is 0 Å². The largest absolute Gasteiger partial charge is 0.354 e. The molecule has 4 aromatic rings. The van der Waals surface area contributed by atoms with Crippen LogP contribution in [0.4, 0.5) is 4.39 Å². The first kappa shape index (κ1) is 22.7. The van der Waals surface area contributed by atoms with Crippen LogP contribution in [0.2, 0.25) is 0 Å². The molecule has 8 heteroatoms. The summed E-state index contributed by atoms with van der Waals surface area (Å²) in [5.41, 5.74) is 4.45. The highest BCUT2D eigenvalue weighted by molar-refractivity contribution is 7.89. The summed E-state index contributed by atoms with van der Waals surface area (Å²) < 4.78 is 36.2. The molecule has 0 aliphatic rings. The van der Waals surface area contributed by atoms with E-state index in [1.54, 1.807) is 24.3 Å². The smallest absolute Gasteiger partial charge is 0.238 e. The highest BCUT2D eigenvalue weighted by Crippen LogP contribution is 2.31. The number of carbonyl (C=O) groups excluding carboxylic acids is 1. The monoisotopic (exact) mass is 465 g/mol. The summed E-state index contributed by atoms with van der Waals surface area (Å²) in [6.07, 6.45) is 0.759. The number of hydrogen-bond donors (Lipinski definition) is 3. The zero-order chi connectivity index (χ0) is 23.6. The Morgan fingerprint density at radius 2 is 1.70 bits per heavy atom. The van der Waals surface area contributed by atoms with Crippen molar-refractivity contribution in [3.05, 3.63) is 89.7 Å². The predicted molar refractivity (Wildman–Crippen MR) is 126 cm³/mol. The van der Waals surface area contributed by atoms with Gasteiger partial charge in [0.15, 0.2) is 0 Å². The summed E-state index contributed by atoms with van der Waals surface area (Å²) in [5, 5.41) is 9.11. The van der Waals surface area contributed by atoms with Crippen molar-refractivity contribution in [2.45, 2.75) is 30.7 Å². The number of aromatic nitrogens is 1. The lowest BCUT2D eigenvalue weighted by Crippen LogP contribution is -2.26. The molecule has 4 rings (SSSR count). The molecule has 0 saturated carbocycles. The molecule has 6 nitrogen and oxygen atoms in total. The Morgan fingerprint density at radius 3 is 2.36 bits per heavy atom. The average molecular weight is 466 g/mol. The normalized spacial score (nSPS) is 12.6. The highest BCUT2D eigenvalue weighted by Gasteiger charge is 2.16. The summed E-state index contributed by atoms with van der Waals surface area (Å²) in [6.45, 7) is 1.83. The molecule has 33 heavy (non-hydrogen) atoms. The van der Waals surface area contributed by atoms with Gasteiger partial charge in [-0.2, -0.15) is 0 Å². The van der Waals surface area contributed by atoms with Crippen LogP contribution in [0.1, 0.15) is 30.5 Å². The van der Waals surface area contributed by atoms with E-state index in [0.717, 1.165) is 33.3 Å². The average Bonchev–Trinajstić information content (AvgIpc) is 3.16. The number of primary sulfonamides is 1. The van der Waals surface area contributed by atoms with Crippen molar-refractivity contribution >= 4 is 26.8 Å². The van der Waals surface area contributed by atoms with Gasteiger partial charge in [-0.05, 0) is 72.5 Å². The van der Waals surface area contributed by atoms with Gasteiger partial charge in [-0.1, -0.05) is 30.3 Å². The van der Waals surface area contributed by atoms with Gasteiger partial charge in [0.2, 0.25) is 15.9 Å². The molecule has 0 spiro atoms. The maximum absolute atomic E-state index is 13.4. The van der Waals surface area contributed by atoms with Gasteiger partial charge in [0, 0.05) is 23.0 Å². The van der Waals surface area contributed by atoms with E-state index in [1.807, 2.05) is 31.2 Å². The Balaban J connectivity index is 1.49. The second-order valence-electron chi connectivity index (χ2n) is 7.93. The number of fused-ring (bicyclic) bond motifs is 1. The minimum Gasteiger partial charge on any atom is -0.354 e. The van der Waals surface area contributed by atoms with Gasteiger partial charge in [0.05, 0.1) is 10.9 Å². The third-order valence-electron chi connectivity index (χ3n) is 5.63. The van der Waals surface area contributed by atoms with E-state index in [1.165, 1.54) is 24.3 Å². The number of amides is 1. The van der Waals surface area contributed by atoms with Crippen LogP contribution in [0.5, 0.6) is 0 Å². The number of benzene rings is 3. The van der Waals surface area contributed by atoms with Gasteiger partial charge in [-0.3, -0.25) is 4.79 Å². The zero-order valence-electron chi connectivity index (χ0n) is 18.0. The number of rotatable bonds is 7. The minimum atomic E-state index is -3.76. The van der Waals surface area contributed by atoms with Gasteiger partial charge in [0.1, 0.15) is 5.82 Å². The fraction of sp³-hybridized carbons (Fsp3) is 0.160. The second-order valence-corrected chi connectivity index (χ2v) is 9.50. The van der Waals surface area contributed by atoms with E-state index in [2.05, 4.69) is 10.3 Å². The summed E-state index contributed by atoms with van der Waals surface area (Å²) >= 11 is 0. The van der Waals surface area contributed by atoms with Crippen molar-refractivity contribution in [3.8, 4) is 11.3 Å². The lowest BCUT2D eigenvalue weighted by molar-refractivity contribution is -0.121. The van der Waals surface area contributed by atoms with Crippen LogP contribution in [0, 0.1) is 5.82 Å². The Kier molecular flexibility index (Phi) is 6.31. The summed E-state index contributed by atoms with van der Waals surface area (Å²) in [7, 11) is -3.76. The third kappa shape index (κ3) is 5.13. The molecule has 0 aliphatic heterocycles. The Hall–Kier alpha value is -3.49. The van der Waals surface area contributed by atoms with Crippen molar-refractivity contribution in [3.63, 3.8) is 0 Å². The lowest BCUT2D eigenvalue weighted by atomic mass is 10.0. The molecule has 0 bridgehead atoms. The molecule has 1 heterocycles. The van der Waals surface area contributed by atoms with Crippen LogP contribution < -0.4 is 10.5 Å². The molecule has 0 aliphatic carbocycles. The van der Waals surface area contributed by atoms with Crippen molar-refractivity contribution in [2.24, 2.45) is 5.14 Å². The van der Waals surface area contributed by atoms with E-state index in [0.29, 0.717) is 6.42 Å². The number of H-pyrrole nitrogens is 1. The first-order valence-corrected chi connectivity index (χ1v) is 12.0. The van der Waals surface area contributed by atoms with Gasteiger partial charge >= 0.3 is 0 Å². The molecule has 1 unspecified atom stereocenters. The zero-order valence-corrected chi connectivity index (χ0v) is 18.8. The second kappa shape index (κ2) is 9.17. The number of nitrogens with one attached hydrogen (secondary N) is 2. The first-order chi connectivity index (χ1) is 15.7. The minimum absolute atomic E-state index is 0.0254. The third-order valence-corrected chi connectivity index (χ3v) is 6.56. The SMILES string of the molecule is CC(NC(=O)CCc1c(-c2ccc(F)cc2)[nH]c2ccccc12)c1ccc(S(N)(=O)=O)cc1. The van der Waals surface area contributed by atoms with Crippen molar-refractivity contribution in [2.75, 3.05) is 0 Å². The Bertz CT molecular complexity index is 1400. The van der Waals surface area contributed by atoms with Gasteiger partial charge < -0.3 is 10.3 Å². The van der Waals surface area contributed by atoms with E-state index in [-0.39, 0.29) is 29.1 Å². The molecule has 170 valence electrons. The Labute approximate surface area is 191 Å². The molecular weight excluding hydrogens is 441 g/mol. The quantitative estimate of drug-likeness (QED) is 0.376. The highest BCUT2D eigenvalue weighted by atomic mass is 32.2. The summed E-state index contributed by atoms with van der Waals surface area (Å²) in [6, 6.07) is 20.0. The van der Waals surface area contributed by atoms with Gasteiger partial charge in [0.25, 0.3) is 0 Å². The molecule has 1 amide bonds. The fourth-order valence-electron chi connectivity index (χ4n) is 3.90. The topological polar surface area (TPSA) is 105 Å². The first-order valence-electron chi connectivity index (χ1n) is 10.5. The van der Waals surface area contributed by atoms with Crippen LogP contribution in [-0.2, 0) is 21.2 Å². The summed E-state index contributed by atoms with van der Waals surface area (Å²) in [4.78, 5) is 16.1.